The van der Waals surface area contributed by atoms with Gasteiger partial charge in [-0.1, -0.05) is 0 Å². The van der Waals surface area contributed by atoms with E-state index in [2.05, 4.69) is 10.6 Å². The van der Waals surface area contributed by atoms with E-state index in [1.165, 1.54) is 12.8 Å². The number of benzene rings is 1. The van der Waals surface area contributed by atoms with E-state index in [1.54, 1.807) is 12.1 Å². The van der Waals surface area contributed by atoms with Crippen molar-refractivity contribution < 1.29 is 14.7 Å². The number of aliphatic carboxylic acids is 1. The first-order valence-electron chi connectivity index (χ1n) is 9.41. The molecule has 0 radical (unpaired) electrons. The van der Waals surface area contributed by atoms with Gasteiger partial charge in [0, 0.05) is 25.7 Å². The molecule has 3 rings (SSSR count). The van der Waals surface area contributed by atoms with E-state index in [1.807, 2.05) is 11.6 Å². The van der Waals surface area contributed by atoms with Gasteiger partial charge in [0.05, 0.1) is 23.0 Å². The molecule has 0 saturated carbocycles. The number of carbonyl (C=O) groups excluding carboxylic acids is 1. The van der Waals surface area contributed by atoms with Crippen molar-refractivity contribution in [3.8, 4) is 0 Å². The van der Waals surface area contributed by atoms with Gasteiger partial charge in [-0.3, -0.25) is 9.59 Å². The van der Waals surface area contributed by atoms with Crippen LogP contribution in [0.15, 0.2) is 12.1 Å². The van der Waals surface area contributed by atoms with Crippen LogP contribution in [0.5, 0.6) is 0 Å². The molecule has 0 aliphatic carbocycles. The minimum absolute atomic E-state index is 0.0648. The van der Waals surface area contributed by atoms with Crippen LogP contribution in [0.1, 0.15) is 41.9 Å². The summed E-state index contributed by atoms with van der Waals surface area (Å²) in [5, 5.41) is 14.6. The highest BCUT2D eigenvalue weighted by Gasteiger charge is 2.17. The van der Waals surface area contributed by atoms with E-state index < -0.39 is 5.97 Å². The van der Waals surface area contributed by atoms with Crippen LogP contribution >= 0.6 is 0 Å². The molecule has 1 saturated heterocycles. The number of carboxylic acid groups (broad SMARTS) is 1. The third kappa shape index (κ3) is 4.57. The lowest BCUT2D eigenvalue weighted by atomic mass is 9.93. The topological polar surface area (TPSA) is 122 Å². The molecule has 0 bridgehead atoms. The Balaban J connectivity index is 1.74. The van der Waals surface area contributed by atoms with Crippen LogP contribution in [0.2, 0.25) is 0 Å². The van der Waals surface area contributed by atoms with Gasteiger partial charge in [0.1, 0.15) is 5.82 Å². The molecular weight excluding hydrogens is 346 g/mol. The zero-order chi connectivity index (χ0) is 19.4. The Morgan fingerprint density at radius 2 is 2.11 bits per heavy atom. The maximum Gasteiger partial charge on any atom is 0.305 e. The third-order valence-electron chi connectivity index (χ3n) is 5.25. The first-order valence-corrected chi connectivity index (χ1v) is 9.41. The summed E-state index contributed by atoms with van der Waals surface area (Å²) in [4.78, 5) is 27.6. The van der Waals surface area contributed by atoms with Crippen LogP contribution in [-0.4, -0.2) is 46.2 Å². The van der Waals surface area contributed by atoms with E-state index in [-0.39, 0.29) is 18.9 Å². The summed E-state index contributed by atoms with van der Waals surface area (Å²) in [6.45, 7) is 2.24. The largest absolute Gasteiger partial charge is 0.481 e. The molecule has 2 heterocycles. The first-order chi connectivity index (χ1) is 13.0. The monoisotopic (exact) mass is 373 g/mol. The zero-order valence-corrected chi connectivity index (χ0v) is 15.6. The lowest BCUT2D eigenvalue weighted by Gasteiger charge is -2.22. The quantitative estimate of drug-likeness (QED) is 0.543. The highest BCUT2D eigenvalue weighted by molar-refractivity contribution is 6.03. The highest BCUT2D eigenvalue weighted by Crippen LogP contribution is 2.24. The summed E-state index contributed by atoms with van der Waals surface area (Å²) >= 11 is 0. The molecule has 8 nitrogen and oxygen atoms in total. The number of nitrogen functional groups attached to an aromatic ring is 1. The predicted octanol–water partition coefficient (Wildman–Crippen LogP) is 1.29. The minimum Gasteiger partial charge on any atom is -0.481 e. The normalized spacial score (nSPS) is 15.1. The van der Waals surface area contributed by atoms with Gasteiger partial charge in [-0.25, -0.2) is 4.98 Å². The zero-order valence-electron chi connectivity index (χ0n) is 15.6. The Morgan fingerprint density at radius 3 is 2.81 bits per heavy atom. The van der Waals surface area contributed by atoms with Crippen LogP contribution in [0.4, 0.5) is 5.69 Å². The number of nitrogens with two attached hydrogens (primary N) is 1. The lowest BCUT2D eigenvalue weighted by Crippen LogP contribution is -2.28. The Labute approximate surface area is 158 Å². The Kier molecular flexibility index (Phi) is 5.95. The standard InChI is InChI=1S/C19H27N5O3/c1-24-16-11-14(20)13(19(27)22-9-6-18(25)26)10-15(16)23-17(24)3-2-12-4-7-21-8-5-12/h10-12,21H,2-9,20H2,1H3,(H,22,27)(H,25,26). The van der Waals surface area contributed by atoms with Crippen molar-refractivity contribution in [3.05, 3.63) is 23.5 Å². The predicted molar refractivity (Wildman–Crippen MR) is 104 cm³/mol. The fourth-order valence-electron chi connectivity index (χ4n) is 3.61. The number of nitrogens with one attached hydrogen (secondary N) is 2. The number of anilines is 1. The second-order valence-corrected chi connectivity index (χ2v) is 7.15. The van der Waals surface area contributed by atoms with Gasteiger partial charge in [0.2, 0.25) is 0 Å². The molecule has 146 valence electrons. The van der Waals surface area contributed by atoms with E-state index in [0.717, 1.165) is 48.7 Å². The Hall–Kier alpha value is -2.61. The van der Waals surface area contributed by atoms with Crippen LogP contribution in [0, 0.1) is 5.92 Å². The Bertz CT molecular complexity index is 839. The molecule has 1 aliphatic rings. The first kappa shape index (κ1) is 19.2. The maximum atomic E-state index is 12.3. The molecule has 2 aromatic rings. The van der Waals surface area contributed by atoms with Crippen molar-refractivity contribution in [1.82, 2.24) is 20.2 Å². The number of aryl methyl sites for hydroxylation is 2. The van der Waals surface area contributed by atoms with Crippen LogP contribution in [0.3, 0.4) is 0 Å². The van der Waals surface area contributed by atoms with E-state index in [0.29, 0.717) is 11.3 Å². The number of hydrogen-bond donors (Lipinski definition) is 4. The number of amides is 1. The number of fused-ring (bicyclic) bond motifs is 1. The summed E-state index contributed by atoms with van der Waals surface area (Å²) in [6, 6.07) is 3.46. The Morgan fingerprint density at radius 1 is 1.37 bits per heavy atom. The number of aromatic nitrogens is 2. The maximum absolute atomic E-state index is 12.3. The van der Waals surface area contributed by atoms with Crippen molar-refractivity contribution in [3.63, 3.8) is 0 Å². The average molecular weight is 373 g/mol. The van der Waals surface area contributed by atoms with E-state index in [9.17, 15) is 9.59 Å². The highest BCUT2D eigenvalue weighted by atomic mass is 16.4. The van der Waals surface area contributed by atoms with Gasteiger partial charge in [0.15, 0.2) is 0 Å². The SMILES string of the molecule is Cn1c(CCC2CCNCC2)nc2cc(C(=O)NCCC(=O)O)c(N)cc21. The second-order valence-electron chi connectivity index (χ2n) is 7.15. The van der Waals surface area contributed by atoms with E-state index >= 15 is 0 Å². The molecule has 1 aliphatic heterocycles. The number of rotatable bonds is 7. The van der Waals surface area contributed by atoms with Gasteiger partial charge in [-0.05, 0) is 50.4 Å². The number of imidazole rings is 1. The second kappa shape index (κ2) is 8.39. The molecule has 0 atom stereocenters. The average Bonchev–Trinajstić information content (AvgIpc) is 2.95. The molecule has 0 unspecified atom stereocenters. The van der Waals surface area contributed by atoms with Gasteiger partial charge in [-0.15, -0.1) is 0 Å². The summed E-state index contributed by atoms with van der Waals surface area (Å²) in [6.07, 6.45) is 4.29. The molecule has 0 spiro atoms. The number of piperidine rings is 1. The van der Waals surface area contributed by atoms with Crippen LogP contribution in [-0.2, 0) is 18.3 Å². The summed E-state index contributed by atoms with van der Waals surface area (Å²) < 4.78 is 2.04. The van der Waals surface area contributed by atoms with E-state index in [4.69, 9.17) is 15.8 Å². The van der Waals surface area contributed by atoms with Crippen molar-refractivity contribution in [2.75, 3.05) is 25.4 Å². The lowest BCUT2D eigenvalue weighted by molar-refractivity contribution is -0.136. The smallest absolute Gasteiger partial charge is 0.305 e. The van der Waals surface area contributed by atoms with Crippen LogP contribution in [0.25, 0.3) is 11.0 Å². The van der Waals surface area contributed by atoms with Crippen molar-refractivity contribution in [1.29, 1.82) is 0 Å². The molecule has 8 heteroatoms. The molecule has 27 heavy (non-hydrogen) atoms. The number of nitrogens with zero attached hydrogens (tertiary/aromatic N) is 2. The molecule has 1 aromatic heterocycles. The number of hydrogen-bond acceptors (Lipinski definition) is 5. The summed E-state index contributed by atoms with van der Waals surface area (Å²) in [7, 11) is 1.97. The fraction of sp³-hybridized carbons (Fsp3) is 0.526. The summed E-state index contributed by atoms with van der Waals surface area (Å²) in [5.41, 5.74) is 8.39. The number of carboxylic acids is 1. The van der Waals surface area contributed by atoms with Gasteiger partial charge in [0.25, 0.3) is 5.91 Å². The van der Waals surface area contributed by atoms with Crippen molar-refractivity contribution >= 4 is 28.6 Å². The van der Waals surface area contributed by atoms with Gasteiger partial charge in [-0.2, -0.15) is 0 Å². The van der Waals surface area contributed by atoms with Crippen molar-refractivity contribution in [2.45, 2.75) is 32.1 Å². The third-order valence-corrected chi connectivity index (χ3v) is 5.25. The molecule has 1 amide bonds. The fourth-order valence-corrected chi connectivity index (χ4v) is 3.61. The van der Waals surface area contributed by atoms with Gasteiger partial charge >= 0.3 is 5.97 Å². The molecule has 1 aromatic carbocycles. The number of carbonyl (C=O) groups is 2. The van der Waals surface area contributed by atoms with Crippen molar-refractivity contribution in [2.24, 2.45) is 13.0 Å². The molecule has 5 N–H and O–H groups in total. The van der Waals surface area contributed by atoms with Crippen LogP contribution < -0.4 is 16.4 Å². The minimum atomic E-state index is -0.957. The molecular formula is C19H27N5O3. The molecule has 1 fully saturated rings. The van der Waals surface area contributed by atoms with Gasteiger partial charge < -0.3 is 26.0 Å². The summed E-state index contributed by atoms with van der Waals surface area (Å²) in [5.74, 6) is 0.387.